The first-order chi connectivity index (χ1) is 13.2. The molecule has 0 bridgehead atoms. The summed E-state index contributed by atoms with van der Waals surface area (Å²) >= 11 is 15.3. The zero-order chi connectivity index (χ0) is 20.8. The molecule has 1 aliphatic heterocycles. The van der Waals surface area contributed by atoms with Crippen LogP contribution in [0, 0.1) is 0 Å². The molecule has 7 nitrogen and oxygen atoms in total. The zero-order valence-electron chi connectivity index (χ0n) is 15.5. The summed E-state index contributed by atoms with van der Waals surface area (Å²) in [5.74, 6) is -1.09. The molecule has 154 valence electrons. The third-order valence-electron chi connectivity index (χ3n) is 4.22. The Hall–Kier alpha value is -1.51. The molecule has 0 spiro atoms. The molecule has 1 heterocycles. The predicted octanol–water partition coefficient (Wildman–Crippen LogP) is 3.19. The smallest absolute Gasteiger partial charge is 0.308 e. The quantitative estimate of drug-likeness (QED) is 0.587. The van der Waals surface area contributed by atoms with Crippen molar-refractivity contribution in [3.8, 4) is 5.75 Å². The Balaban J connectivity index is 2.05. The first kappa shape index (κ1) is 22.8. The van der Waals surface area contributed by atoms with Gasteiger partial charge in [-0.3, -0.25) is 14.4 Å². The Morgan fingerprint density at radius 1 is 1.39 bits per heavy atom. The molecule has 0 aliphatic carbocycles. The molecular formula is C18H21BrCl2N2O5. The van der Waals surface area contributed by atoms with Crippen molar-refractivity contribution in [3.05, 3.63) is 26.7 Å². The topological polar surface area (TPSA) is 84.9 Å². The Kier molecular flexibility index (Phi) is 8.39. The number of hydrogen-bond acceptors (Lipinski definition) is 5. The molecule has 1 saturated heterocycles. The largest absolute Gasteiger partial charge is 0.481 e. The summed E-state index contributed by atoms with van der Waals surface area (Å²) < 4.78 is 11.3. The average Bonchev–Trinajstić information content (AvgIpc) is 2.62. The van der Waals surface area contributed by atoms with Gasteiger partial charge in [0.2, 0.25) is 5.91 Å². The van der Waals surface area contributed by atoms with Crippen LogP contribution in [0.4, 0.5) is 0 Å². The first-order valence-electron chi connectivity index (χ1n) is 8.76. The predicted molar refractivity (Wildman–Crippen MR) is 109 cm³/mol. The second kappa shape index (κ2) is 10.3. The van der Waals surface area contributed by atoms with Gasteiger partial charge in [0.05, 0.1) is 22.0 Å². The molecule has 2 unspecified atom stereocenters. The summed E-state index contributed by atoms with van der Waals surface area (Å²) in [4.78, 5) is 38.3. The minimum absolute atomic E-state index is 0.215. The van der Waals surface area contributed by atoms with E-state index in [1.807, 2.05) is 6.92 Å². The van der Waals surface area contributed by atoms with Gasteiger partial charge in [-0.25, -0.2) is 0 Å². The van der Waals surface area contributed by atoms with Crippen molar-refractivity contribution in [3.63, 3.8) is 0 Å². The molecule has 1 N–H and O–H groups in total. The van der Waals surface area contributed by atoms with Crippen molar-refractivity contribution >= 4 is 56.9 Å². The molecule has 2 rings (SSSR count). The number of benzene rings is 1. The van der Waals surface area contributed by atoms with Gasteiger partial charge < -0.3 is 19.7 Å². The minimum atomic E-state index is -0.939. The van der Waals surface area contributed by atoms with Crippen molar-refractivity contribution in [2.75, 3.05) is 19.7 Å². The second-order valence-corrected chi connectivity index (χ2v) is 7.99. The highest BCUT2D eigenvalue weighted by atomic mass is 79.9. The zero-order valence-corrected chi connectivity index (χ0v) is 18.6. The molecule has 0 radical (unpaired) electrons. The van der Waals surface area contributed by atoms with E-state index in [0.29, 0.717) is 22.5 Å². The number of nitrogens with one attached hydrogen (secondary N) is 1. The minimum Gasteiger partial charge on any atom is -0.481 e. The molecule has 1 fully saturated rings. The maximum Gasteiger partial charge on any atom is 0.308 e. The van der Waals surface area contributed by atoms with E-state index < -0.39 is 23.8 Å². The molecule has 2 amide bonds. The Labute approximate surface area is 181 Å². The van der Waals surface area contributed by atoms with Gasteiger partial charge in [0.25, 0.3) is 5.91 Å². The fraction of sp³-hybridized carbons (Fsp3) is 0.500. The number of esters is 1. The Morgan fingerprint density at radius 3 is 2.75 bits per heavy atom. The number of piperazine rings is 1. The van der Waals surface area contributed by atoms with E-state index in [1.54, 1.807) is 13.0 Å². The van der Waals surface area contributed by atoms with E-state index in [1.165, 1.54) is 11.0 Å². The number of halogens is 3. The van der Waals surface area contributed by atoms with E-state index in [9.17, 15) is 14.4 Å². The number of carbonyl (C=O) groups is 3. The normalized spacial score (nSPS) is 17.7. The highest BCUT2D eigenvalue weighted by Gasteiger charge is 2.35. The lowest BCUT2D eigenvalue weighted by Crippen LogP contribution is -2.58. The van der Waals surface area contributed by atoms with Crippen LogP contribution in [0.15, 0.2) is 16.6 Å². The van der Waals surface area contributed by atoms with Crippen LogP contribution in [0.1, 0.15) is 26.7 Å². The first-order valence-corrected chi connectivity index (χ1v) is 10.3. The lowest BCUT2D eigenvalue weighted by Gasteiger charge is -2.34. The van der Waals surface area contributed by atoms with Crippen LogP contribution in [0.5, 0.6) is 5.75 Å². The summed E-state index contributed by atoms with van der Waals surface area (Å²) in [5.41, 5.74) is 0. The van der Waals surface area contributed by atoms with Crippen LogP contribution in [-0.2, 0) is 19.1 Å². The Bertz CT molecular complexity index is 738. The van der Waals surface area contributed by atoms with Gasteiger partial charge in [0.15, 0.2) is 12.4 Å². The molecule has 2 atom stereocenters. The maximum absolute atomic E-state index is 12.7. The van der Waals surface area contributed by atoms with Gasteiger partial charge in [0.1, 0.15) is 6.04 Å². The number of carbonyl (C=O) groups excluding carboxylic acids is 3. The van der Waals surface area contributed by atoms with Crippen LogP contribution in [0.3, 0.4) is 0 Å². The third-order valence-corrected chi connectivity index (χ3v) is 5.31. The summed E-state index contributed by atoms with van der Waals surface area (Å²) in [5, 5.41) is 3.33. The molecule has 0 aromatic heterocycles. The highest BCUT2D eigenvalue weighted by molar-refractivity contribution is 9.10. The van der Waals surface area contributed by atoms with E-state index in [-0.39, 0.29) is 36.4 Å². The van der Waals surface area contributed by atoms with Gasteiger partial charge >= 0.3 is 5.97 Å². The number of hydrogen-bond donors (Lipinski definition) is 1. The SMILES string of the molecule is CCC(C)OC(=O)CC1C(=O)NCCN1C(=O)COc1c(Cl)cc(Cl)cc1Br. The Morgan fingerprint density at radius 2 is 2.11 bits per heavy atom. The second-order valence-electron chi connectivity index (χ2n) is 6.29. The molecule has 1 aromatic rings. The third kappa shape index (κ3) is 5.99. The molecule has 1 aromatic carbocycles. The van der Waals surface area contributed by atoms with Gasteiger partial charge in [-0.15, -0.1) is 0 Å². The van der Waals surface area contributed by atoms with E-state index in [2.05, 4.69) is 21.2 Å². The summed E-state index contributed by atoms with van der Waals surface area (Å²) in [7, 11) is 0. The summed E-state index contributed by atoms with van der Waals surface area (Å²) in [6.45, 7) is 3.88. The number of amides is 2. The van der Waals surface area contributed by atoms with E-state index in [4.69, 9.17) is 32.7 Å². The summed E-state index contributed by atoms with van der Waals surface area (Å²) in [6.07, 6.45) is 0.194. The highest BCUT2D eigenvalue weighted by Crippen LogP contribution is 2.36. The standard InChI is InChI=1S/C18H21BrCl2N2O5/c1-3-10(2)28-16(25)8-14-18(26)22-4-5-23(14)15(24)9-27-17-12(19)6-11(20)7-13(17)21/h6-7,10,14H,3-5,8-9H2,1-2H3,(H,22,26). The average molecular weight is 496 g/mol. The van der Waals surface area contributed by atoms with Crippen LogP contribution >= 0.6 is 39.1 Å². The molecule has 0 saturated carbocycles. The number of ether oxygens (including phenoxy) is 2. The van der Waals surface area contributed by atoms with Crippen molar-refractivity contribution in [1.82, 2.24) is 10.2 Å². The van der Waals surface area contributed by atoms with E-state index in [0.717, 1.165) is 0 Å². The van der Waals surface area contributed by atoms with Gasteiger partial charge in [-0.05, 0) is 41.4 Å². The fourth-order valence-electron chi connectivity index (χ4n) is 2.61. The van der Waals surface area contributed by atoms with Crippen LogP contribution in [0.25, 0.3) is 0 Å². The van der Waals surface area contributed by atoms with Crippen LogP contribution < -0.4 is 10.1 Å². The monoisotopic (exact) mass is 494 g/mol. The van der Waals surface area contributed by atoms with E-state index >= 15 is 0 Å². The van der Waals surface area contributed by atoms with Gasteiger partial charge in [0, 0.05) is 18.1 Å². The summed E-state index contributed by atoms with van der Waals surface area (Å²) in [6, 6.07) is 2.15. The lowest BCUT2D eigenvalue weighted by molar-refractivity contribution is -0.155. The van der Waals surface area contributed by atoms with Crippen molar-refractivity contribution in [2.24, 2.45) is 0 Å². The van der Waals surface area contributed by atoms with Crippen molar-refractivity contribution in [1.29, 1.82) is 0 Å². The number of nitrogens with zero attached hydrogens (tertiary/aromatic N) is 1. The maximum atomic E-state index is 12.7. The molecule has 10 heteroatoms. The van der Waals surface area contributed by atoms with Crippen LogP contribution in [-0.4, -0.2) is 54.5 Å². The van der Waals surface area contributed by atoms with Crippen LogP contribution in [0.2, 0.25) is 10.0 Å². The molecule has 1 aliphatic rings. The van der Waals surface area contributed by atoms with Crippen molar-refractivity contribution in [2.45, 2.75) is 38.8 Å². The number of rotatable bonds is 7. The fourth-order valence-corrected chi connectivity index (χ4v) is 3.98. The van der Waals surface area contributed by atoms with Crippen molar-refractivity contribution < 1.29 is 23.9 Å². The van der Waals surface area contributed by atoms with Gasteiger partial charge in [-0.2, -0.15) is 0 Å². The molecular weight excluding hydrogens is 475 g/mol. The lowest BCUT2D eigenvalue weighted by atomic mass is 10.1. The molecule has 28 heavy (non-hydrogen) atoms. The van der Waals surface area contributed by atoms with Gasteiger partial charge in [-0.1, -0.05) is 30.1 Å².